The summed E-state index contributed by atoms with van der Waals surface area (Å²) < 4.78 is 0. The van der Waals surface area contributed by atoms with Gasteiger partial charge in [-0.3, -0.25) is 14.9 Å². The summed E-state index contributed by atoms with van der Waals surface area (Å²) in [5.41, 5.74) is 7.04. The van der Waals surface area contributed by atoms with E-state index in [1.165, 1.54) is 28.7 Å². The Labute approximate surface area is 211 Å². The molecule has 0 unspecified atom stereocenters. The summed E-state index contributed by atoms with van der Waals surface area (Å²) >= 11 is 6.16. The second kappa shape index (κ2) is 11.9. The lowest BCUT2D eigenvalue weighted by Crippen LogP contribution is -2.29. The fourth-order valence-electron chi connectivity index (χ4n) is 4.47. The van der Waals surface area contributed by atoms with Crippen LogP contribution in [0.3, 0.4) is 0 Å². The highest BCUT2D eigenvalue weighted by Crippen LogP contribution is 2.34. The molecule has 0 aliphatic carbocycles. The third-order valence-corrected chi connectivity index (χ3v) is 6.78. The lowest BCUT2D eigenvalue weighted by Gasteiger charge is -2.30. The van der Waals surface area contributed by atoms with Gasteiger partial charge in [-0.05, 0) is 94.3 Å². The molecule has 0 aliphatic heterocycles. The van der Waals surface area contributed by atoms with Gasteiger partial charge in [0, 0.05) is 35.9 Å². The Balaban J connectivity index is 1.87. The first-order valence-electron chi connectivity index (χ1n) is 12.2. The van der Waals surface area contributed by atoms with Crippen molar-refractivity contribution in [3.05, 3.63) is 93.5 Å². The van der Waals surface area contributed by atoms with Crippen molar-refractivity contribution in [2.24, 2.45) is 0 Å². The molecule has 0 saturated heterocycles. The fourth-order valence-corrected chi connectivity index (χ4v) is 4.59. The van der Waals surface area contributed by atoms with Crippen molar-refractivity contribution in [2.45, 2.75) is 59.0 Å². The molecule has 0 radical (unpaired) electrons. The van der Waals surface area contributed by atoms with E-state index in [1.54, 1.807) is 0 Å². The van der Waals surface area contributed by atoms with E-state index in [0.717, 1.165) is 49.0 Å². The minimum absolute atomic E-state index is 0.178. The molecule has 0 N–H and O–H groups in total. The van der Waals surface area contributed by atoms with E-state index >= 15 is 0 Å². The Morgan fingerprint density at radius 3 is 2.24 bits per heavy atom. The Hall–Kier alpha value is -2.27. The van der Waals surface area contributed by atoms with Gasteiger partial charge in [-0.1, -0.05) is 49.7 Å². The Kier molecular flexibility index (Phi) is 9.24. The first-order chi connectivity index (χ1) is 16.2. The van der Waals surface area contributed by atoms with Gasteiger partial charge in [0.05, 0.1) is 11.4 Å². The molecule has 3 aromatic rings. The summed E-state index contributed by atoms with van der Waals surface area (Å²) in [5, 5.41) is 0.760. The van der Waals surface area contributed by atoms with Crippen LogP contribution >= 0.6 is 11.6 Å². The highest BCUT2D eigenvalue weighted by Gasteiger charge is 2.27. The first-order valence-corrected chi connectivity index (χ1v) is 12.5. The number of pyridine rings is 2. The van der Waals surface area contributed by atoms with Gasteiger partial charge < -0.3 is 4.90 Å². The van der Waals surface area contributed by atoms with Crippen LogP contribution in [0.25, 0.3) is 0 Å². The van der Waals surface area contributed by atoms with Crippen LogP contribution in [0.1, 0.15) is 60.3 Å². The topological polar surface area (TPSA) is 32.3 Å². The van der Waals surface area contributed by atoms with E-state index in [9.17, 15) is 0 Å². The van der Waals surface area contributed by atoms with E-state index in [0.29, 0.717) is 0 Å². The Morgan fingerprint density at radius 2 is 1.56 bits per heavy atom. The summed E-state index contributed by atoms with van der Waals surface area (Å²) in [6.45, 7) is 12.5. The Bertz CT molecular complexity index is 1060. The van der Waals surface area contributed by atoms with Gasteiger partial charge >= 0.3 is 0 Å². The lowest BCUT2D eigenvalue weighted by atomic mass is 9.77. The molecule has 1 aromatic carbocycles. The maximum absolute atomic E-state index is 6.16. The van der Waals surface area contributed by atoms with Crippen LogP contribution in [0.4, 0.5) is 0 Å². The summed E-state index contributed by atoms with van der Waals surface area (Å²) in [6.07, 6.45) is 6.21. The van der Waals surface area contributed by atoms with Crippen molar-refractivity contribution < 1.29 is 0 Å². The number of unbranched alkanes of at least 4 members (excludes halogenated alkanes) is 1. The number of hydrogen-bond donors (Lipinski definition) is 0. The second-order valence-electron chi connectivity index (χ2n) is 10.1. The van der Waals surface area contributed by atoms with Crippen molar-refractivity contribution in [3.63, 3.8) is 0 Å². The van der Waals surface area contributed by atoms with Crippen LogP contribution in [-0.4, -0.2) is 47.0 Å². The van der Waals surface area contributed by atoms with E-state index in [4.69, 9.17) is 21.6 Å². The molecule has 0 fully saturated rings. The van der Waals surface area contributed by atoms with Crippen LogP contribution in [0.2, 0.25) is 5.02 Å². The zero-order valence-corrected chi connectivity index (χ0v) is 22.4. The van der Waals surface area contributed by atoms with Crippen LogP contribution in [-0.2, 0) is 18.5 Å². The molecule has 3 rings (SSSR count). The van der Waals surface area contributed by atoms with Crippen molar-refractivity contribution in [3.8, 4) is 0 Å². The average Bonchev–Trinajstić information content (AvgIpc) is 2.79. The van der Waals surface area contributed by atoms with Gasteiger partial charge in [-0.2, -0.15) is 0 Å². The summed E-state index contributed by atoms with van der Waals surface area (Å²) in [5.74, 6) is 0. The van der Waals surface area contributed by atoms with E-state index < -0.39 is 0 Å². The number of aromatic nitrogens is 2. The standard InChI is InChI=1S/C29H39ClN4/c1-22-18-23(2)27(32-19-22)20-34(17-8-7-16-33(5)6)21-28-26(10-9-15-31-28)29(3,4)24-11-13-25(30)14-12-24/h9-15,18-19H,7-8,16-17,20-21H2,1-6H3. The van der Waals surface area contributed by atoms with Crippen LogP contribution < -0.4 is 0 Å². The molecule has 5 heteroatoms. The summed E-state index contributed by atoms with van der Waals surface area (Å²) in [7, 11) is 4.27. The second-order valence-corrected chi connectivity index (χ2v) is 10.6. The molecule has 2 aromatic heterocycles. The fraction of sp³-hybridized carbons (Fsp3) is 0.448. The van der Waals surface area contributed by atoms with Gasteiger partial charge in [0.15, 0.2) is 0 Å². The number of benzene rings is 1. The molecule has 0 aliphatic rings. The summed E-state index contributed by atoms with van der Waals surface area (Å²) in [6, 6.07) is 14.7. The minimum atomic E-state index is -0.178. The van der Waals surface area contributed by atoms with Gasteiger partial charge in [0.2, 0.25) is 0 Å². The number of rotatable bonds is 11. The van der Waals surface area contributed by atoms with E-state index in [1.807, 2.05) is 30.6 Å². The third kappa shape index (κ3) is 7.11. The number of nitrogens with zero attached hydrogens (tertiary/aromatic N) is 4. The first kappa shape index (κ1) is 26.3. The predicted octanol–water partition coefficient (Wildman–Crippen LogP) is 6.42. The van der Waals surface area contributed by atoms with Gasteiger partial charge in [-0.15, -0.1) is 0 Å². The average molecular weight is 479 g/mol. The predicted molar refractivity (Wildman–Crippen MR) is 143 cm³/mol. The number of halogens is 1. The molecule has 182 valence electrons. The number of aryl methyl sites for hydroxylation is 2. The minimum Gasteiger partial charge on any atom is -0.309 e. The highest BCUT2D eigenvalue weighted by molar-refractivity contribution is 6.30. The molecule has 0 amide bonds. The van der Waals surface area contributed by atoms with Crippen LogP contribution in [0.5, 0.6) is 0 Å². The molecule has 0 spiro atoms. The number of hydrogen-bond acceptors (Lipinski definition) is 4. The van der Waals surface area contributed by atoms with Crippen molar-refractivity contribution in [2.75, 3.05) is 27.2 Å². The monoisotopic (exact) mass is 478 g/mol. The zero-order chi connectivity index (χ0) is 24.7. The van der Waals surface area contributed by atoms with E-state index in [2.05, 4.69) is 75.9 Å². The largest absolute Gasteiger partial charge is 0.309 e. The van der Waals surface area contributed by atoms with Gasteiger partial charge in [0.1, 0.15) is 0 Å². The van der Waals surface area contributed by atoms with Gasteiger partial charge in [0.25, 0.3) is 0 Å². The van der Waals surface area contributed by atoms with Crippen LogP contribution in [0, 0.1) is 13.8 Å². The summed E-state index contributed by atoms with van der Waals surface area (Å²) in [4.78, 5) is 14.4. The lowest BCUT2D eigenvalue weighted by molar-refractivity contribution is 0.238. The molecule has 0 bridgehead atoms. The van der Waals surface area contributed by atoms with Gasteiger partial charge in [-0.25, -0.2) is 0 Å². The molecule has 0 saturated carbocycles. The van der Waals surface area contributed by atoms with Crippen molar-refractivity contribution in [1.29, 1.82) is 0 Å². The molecular weight excluding hydrogens is 440 g/mol. The van der Waals surface area contributed by atoms with Crippen molar-refractivity contribution in [1.82, 2.24) is 19.8 Å². The third-order valence-electron chi connectivity index (χ3n) is 6.53. The maximum Gasteiger partial charge on any atom is 0.0584 e. The van der Waals surface area contributed by atoms with E-state index in [-0.39, 0.29) is 5.41 Å². The quantitative estimate of drug-likeness (QED) is 0.298. The van der Waals surface area contributed by atoms with Crippen molar-refractivity contribution >= 4 is 11.6 Å². The molecule has 34 heavy (non-hydrogen) atoms. The molecule has 4 nitrogen and oxygen atoms in total. The maximum atomic E-state index is 6.16. The van der Waals surface area contributed by atoms with Crippen LogP contribution in [0.15, 0.2) is 54.9 Å². The normalized spacial score (nSPS) is 12.0. The highest BCUT2D eigenvalue weighted by atomic mass is 35.5. The molecule has 0 atom stereocenters. The SMILES string of the molecule is Cc1cnc(CN(CCCCN(C)C)Cc2ncccc2C(C)(C)c2ccc(Cl)cc2)c(C)c1. The molecule has 2 heterocycles. The molecular formula is C29H39ClN4. The zero-order valence-electron chi connectivity index (χ0n) is 21.6. The Morgan fingerprint density at radius 1 is 0.882 bits per heavy atom. The smallest absolute Gasteiger partial charge is 0.0584 e.